The lowest BCUT2D eigenvalue weighted by Gasteiger charge is -2.15. The highest BCUT2D eigenvalue weighted by Crippen LogP contribution is 2.37. The molecule has 0 saturated carbocycles. The van der Waals surface area contributed by atoms with E-state index >= 15 is 0 Å². The number of aromatic nitrogens is 4. The Kier molecular flexibility index (Phi) is 8.38. The number of carboxylic acid groups (broad SMARTS) is 1. The molecule has 0 radical (unpaired) electrons. The SMILES string of the molecule is Cc1c(-c2nc3c(C#N)cc(CN4CC[C@@H](O)C4)cn3n2)cccc1-c1cccc(-c2nc3cc(CN4CC[C@@H](C(=O)O)C4)cc(C)c3o2)c1C. The standard InChI is InChI=1S/C40H39N7O4/c1-23-14-26(18-45-12-10-28(21-45)40(49)50)16-35-36(23)51-39(42-35)34-9-5-7-32(25(34)3)31-6-4-8-33(24(31)2)37-43-38-29(17-41)15-27(20-47(38)44-37)19-46-13-11-30(48)22-46/h4-9,14-16,20,28,30,48H,10-13,18-19,21-22H2,1-3H3,(H,49,50)/t28-,30-/m1/s1. The van der Waals surface area contributed by atoms with Crippen LogP contribution in [0, 0.1) is 38.0 Å². The number of aryl methyl sites for hydroxylation is 1. The summed E-state index contributed by atoms with van der Waals surface area (Å²) in [6, 6.07) is 20.6. The maximum atomic E-state index is 11.5. The Labute approximate surface area is 295 Å². The molecule has 2 fully saturated rings. The Hall–Kier alpha value is -5.41. The number of pyridine rings is 1. The number of hydrogen-bond donors (Lipinski definition) is 2. The minimum absolute atomic E-state index is 0.308. The van der Waals surface area contributed by atoms with Gasteiger partial charge in [-0.2, -0.15) is 5.26 Å². The molecule has 8 rings (SSSR count). The van der Waals surface area contributed by atoms with Crippen molar-refractivity contribution in [3.05, 3.63) is 94.2 Å². The fourth-order valence-electron chi connectivity index (χ4n) is 7.78. The van der Waals surface area contributed by atoms with Gasteiger partial charge in [-0.1, -0.05) is 36.4 Å². The van der Waals surface area contributed by atoms with Crippen LogP contribution in [0.4, 0.5) is 0 Å². The van der Waals surface area contributed by atoms with Crippen LogP contribution in [0.1, 0.15) is 46.2 Å². The first-order valence-corrected chi connectivity index (χ1v) is 17.4. The third-order valence-electron chi connectivity index (χ3n) is 10.5. The summed E-state index contributed by atoms with van der Waals surface area (Å²) in [5.41, 5.74) is 11.5. The molecule has 0 unspecified atom stereocenters. The van der Waals surface area contributed by atoms with Crippen molar-refractivity contribution < 1.29 is 19.4 Å². The van der Waals surface area contributed by atoms with E-state index in [1.165, 1.54) is 0 Å². The fourth-order valence-corrected chi connectivity index (χ4v) is 7.78. The van der Waals surface area contributed by atoms with Crippen molar-refractivity contribution >= 4 is 22.7 Å². The van der Waals surface area contributed by atoms with Crippen LogP contribution in [0.2, 0.25) is 0 Å². The normalized spacial score (nSPS) is 18.3. The van der Waals surface area contributed by atoms with Gasteiger partial charge in [0, 0.05) is 50.0 Å². The quantitative estimate of drug-likeness (QED) is 0.192. The number of nitrogens with zero attached hydrogens (tertiary/aromatic N) is 7. The lowest BCUT2D eigenvalue weighted by Crippen LogP contribution is -2.22. The van der Waals surface area contributed by atoms with Crippen LogP contribution >= 0.6 is 0 Å². The highest BCUT2D eigenvalue weighted by Gasteiger charge is 2.28. The van der Waals surface area contributed by atoms with Gasteiger partial charge in [-0.3, -0.25) is 14.6 Å². The average Bonchev–Trinajstić information content (AvgIpc) is 3.92. The number of carboxylic acids is 1. The minimum Gasteiger partial charge on any atom is -0.481 e. The molecule has 0 spiro atoms. The molecule has 3 aromatic heterocycles. The zero-order chi connectivity index (χ0) is 35.4. The Balaban J connectivity index is 1.10. The van der Waals surface area contributed by atoms with Gasteiger partial charge in [-0.05, 0) is 97.3 Å². The summed E-state index contributed by atoms with van der Waals surface area (Å²) in [6.45, 7) is 10.3. The first kappa shape index (κ1) is 32.8. The molecule has 2 aliphatic rings. The largest absolute Gasteiger partial charge is 0.481 e. The second-order valence-corrected chi connectivity index (χ2v) is 14.1. The van der Waals surface area contributed by atoms with E-state index in [4.69, 9.17) is 19.5 Å². The van der Waals surface area contributed by atoms with Gasteiger partial charge in [0.25, 0.3) is 0 Å². The van der Waals surface area contributed by atoms with E-state index in [1.807, 2.05) is 43.5 Å². The van der Waals surface area contributed by atoms with E-state index in [9.17, 15) is 20.3 Å². The van der Waals surface area contributed by atoms with Crippen molar-refractivity contribution in [2.45, 2.75) is 52.8 Å². The number of aliphatic hydroxyl groups excluding tert-OH is 1. The van der Waals surface area contributed by atoms with E-state index in [0.717, 1.165) is 80.7 Å². The van der Waals surface area contributed by atoms with Gasteiger partial charge in [0.1, 0.15) is 11.6 Å². The Morgan fingerprint density at radius 2 is 1.59 bits per heavy atom. The van der Waals surface area contributed by atoms with Gasteiger partial charge in [0.2, 0.25) is 5.89 Å². The van der Waals surface area contributed by atoms with Gasteiger partial charge in [-0.25, -0.2) is 14.5 Å². The second-order valence-electron chi connectivity index (χ2n) is 14.1. The molecule has 3 aromatic carbocycles. The highest BCUT2D eigenvalue weighted by molar-refractivity contribution is 5.84. The summed E-state index contributed by atoms with van der Waals surface area (Å²) in [6.07, 6.45) is 3.05. The zero-order valence-electron chi connectivity index (χ0n) is 28.9. The number of aliphatic carboxylic acids is 1. The van der Waals surface area contributed by atoms with Gasteiger partial charge in [-0.15, -0.1) is 5.10 Å². The smallest absolute Gasteiger partial charge is 0.307 e. The number of nitriles is 1. The summed E-state index contributed by atoms with van der Waals surface area (Å²) >= 11 is 0. The van der Waals surface area contributed by atoms with Crippen molar-refractivity contribution in [2.75, 3.05) is 26.2 Å². The highest BCUT2D eigenvalue weighted by atomic mass is 16.4. The maximum Gasteiger partial charge on any atom is 0.307 e. The molecule has 258 valence electrons. The van der Waals surface area contributed by atoms with Crippen molar-refractivity contribution in [1.29, 1.82) is 5.26 Å². The monoisotopic (exact) mass is 681 g/mol. The van der Waals surface area contributed by atoms with Crippen molar-refractivity contribution in [3.8, 4) is 40.0 Å². The molecule has 2 saturated heterocycles. The third-order valence-corrected chi connectivity index (χ3v) is 10.5. The number of β-amino-alcohol motifs (C(OH)–C–C–N with tert-alkyl or cyclic N) is 1. The maximum absolute atomic E-state index is 11.5. The van der Waals surface area contributed by atoms with E-state index in [0.29, 0.717) is 55.5 Å². The minimum atomic E-state index is -0.726. The average molecular weight is 682 g/mol. The van der Waals surface area contributed by atoms with E-state index in [1.54, 1.807) is 4.52 Å². The van der Waals surface area contributed by atoms with Gasteiger partial charge in [0.05, 0.1) is 17.6 Å². The first-order valence-electron chi connectivity index (χ1n) is 17.4. The predicted octanol–water partition coefficient (Wildman–Crippen LogP) is 6.14. The van der Waals surface area contributed by atoms with Crippen molar-refractivity contribution in [2.24, 2.45) is 5.92 Å². The van der Waals surface area contributed by atoms with Gasteiger partial charge in [0.15, 0.2) is 17.1 Å². The van der Waals surface area contributed by atoms with Crippen LogP contribution in [0.3, 0.4) is 0 Å². The number of benzene rings is 3. The summed E-state index contributed by atoms with van der Waals surface area (Å²) in [4.78, 5) is 25.6. The predicted molar refractivity (Wildman–Crippen MR) is 193 cm³/mol. The molecule has 11 heteroatoms. The van der Waals surface area contributed by atoms with Crippen LogP contribution < -0.4 is 0 Å². The lowest BCUT2D eigenvalue weighted by molar-refractivity contribution is -0.141. The molecule has 2 aliphatic heterocycles. The van der Waals surface area contributed by atoms with Crippen LogP contribution in [-0.2, 0) is 17.9 Å². The number of hydrogen-bond acceptors (Lipinski definition) is 9. The molecule has 51 heavy (non-hydrogen) atoms. The van der Waals surface area contributed by atoms with E-state index < -0.39 is 5.97 Å². The van der Waals surface area contributed by atoms with Gasteiger partial charge < -0.3 is 14.6 Å². The summed E-state index contributed by atoms with van der Waals surface area (Å²) in [5, 5.41) is 34.2. The van der Waals surface area contributed by atoms with Crippen LogP contribution in [-0.4, -0.2) is 77.8 Å². The molecular weight excluding hydrogens is 642 g/mol. The topological polar surface area (TPSA) is 144 Å². The summed E-state index contributed by atoms with van der Waals surface area (Å²) in [7, 11) is 0. The molecule has 11 nitrogen and oxygen atoms in total. The van der Waals surface area contributed by atoms with Crippen LogP contribution in [0.5, 0.6) is 0 Å². The number of aliphatic hydroxyl groups is 1. The molecule has 0 aliphatic carbocycles. The van der Waals surface area contributed by atoms with Crippen LogP contribution in [0.15, 0.2) is 65.2 Å². The number of rotatable bonds is 8. The molecule has 0 amide bonds. The number of fused-ring (bicyclic) bond motifs is 2. The lowest BCUT2D eigenvalue weighted by atomic mass is 9.91. The molecular formula is C40H39N7O4. The Morgan fingerprint density at radius 1 is 0.902 bits per heavy atom. The summed E-state index contributed by atoms with van der Waals surface area (Å²) < 4.78 is 8.10. The number of likely N-dealkylation sites (tertiary alicyclic amines) is 2. The van der Waals surface area contributed by atoms with E-state index in [-0.39, 0.29) is 12.0 Å². The molecule has 2 N–H and O–H groups in total. The third kappa shape index (κ3) is 6.16. The van der Waals surface area contributed by atoms with Crippen molar-refractivity contribution in [1.82, 2.24) is 29.4 Å². The molecule has 6 aromatic rings. The molecule has 0 bridgehead atoms. The first-order chi connectivity index (χ1) is 24.6. The Bertz CT molecular complexity index is 2370. The zero-order valence-corrected chi connectivity index (χ0v) is 28.9. The Morgan fingerprint density at radius 3 is 2.29 bits per heavy atom. The number of carbonyl (C=O) groups is 1. The molecule has 2 atom stereocenters. The van der Waals surface area contributed by atoms with Crippen molar-refractivity contribution in [3.63, 3.8) is 0 Å². The van der Waals surface area contributed by atoms with E-state index in [2.05, 4.69) is 54.0 Å². The van der Waals surface area contributed by atoms with Crippen LogP contribution in [0.25, 0.3) is 50.7 Å². The second kappa shape index (κ2) is 13.0. The fraction of sp³-hybridized carbons (Fsp3) is 0.325. The van der Waals surface area contributed by atoms with Gasteiger partial charge >= 0.3 is 5.97 Å². The number of oxazole rings is 1. The summed E-state index contributed by atoms with van der Waals surface area (Å²) in [5.74, 6) is 0.0629. The molecule has 5 heterocycles.